The minimum absolute atomic E-state index is 0.0510. The van der Waals surface area contributed by atoms with Gasteiger partial charge in [-0.3, -0.25) is 9.78 Å². The smallest absolute Gasteiger partial charge is 0.261 e. The molecule has 29 heavy (non-hydrogen) atoms. The molecule has 1 aromatic heterocycles. The first-order valence-corrected chi connectivity index (χ1v) is 9.98. The molecule has 0 fully saturated rings. The van der Waals surface area contributed by atoms with Crippen molar-refractivity contribution in [2.75, 3.05) is 22.1 Å². The van der Waals surface area contributed by atoms with Gasteiger partial charge in [-0.1, -0.05) is 32.0 Å². The fraction of sp³-hybridized carbons (Fsp3) is 0.250. The van der Waals surface area contributed by atoms with E-state index in [1.807, 2.05) is 35.2 Å². The number of nitrogens with one attached hydrogen (secondary N) is 2. The quantitative estimate of drug-likeness (QED) is 0.692. The lowest BCUT2D eigenvalue weighted by Crippen LogP contribution is -2.23. The van der Waals surface area contributed by atoms with Crippen molar-refractivity contribution in [2.45, 2.75) is 32.4 Å². The normalized spacial score (nSPS) is 16.3. The molecule has 2 aliphatic heterocycles. The Labute approximate surface area is 170 Å². The molecule has 0 radical (unpaired) electrons. The van der Waals surface area contributed by atoms with Crippen molar-refractivity contribution in [1.29, 1.82) is 0 Å². The molecule has 0 saturated carbocycles. The van der Waals surface area contributed by atoms with Gasteiger partial charge in [0.05, 0.1) is 12.1 Å². The van der Waals surface area contributed by atoms with Gasteiger partial charge in [0.15, 0.2) is 0 Å². The highest BCUT2D eigenvalue weighted by molar-refractivity contribution is 6.13. The third-order valence-electron chi connectivity index (χ3n) is 5.94. The highest BCUT2D eigenvalue weighted by Crippen LogP contribution is 2.40. The van der Waals surface area contributed by atoms with Crippen LogP contribution in [0, 0.1) is 0 Å². The van der Waals surface area contributed by atoms with Gasteiger partial charge in [0.2, 0.25) is 0 Å². The van der Waals surface area contributed by atoms with Gasteiger partial charge in [0.25, 0.3) is 5.91 Å². The molecule has 2 aromatic carbocycles. The summed E-state index contributed by atoms with van der Waals surface area (Å²) < 4.78 is 0. The van der Waals surface area contributed by atoms with Crippen LogP contribution in [-0.4, -0.2) is 17.4 Å². The lowest BCUT2D eigenvalue weighted by molar-refractivity contribution is 0.0997. The van der Waals surface area contributed by atoms with E-state index >= 15 is 0 Å². The summed E-state index contributed by atoms with van der Waals surface area (Å²) in [5.74, 6) is 0.0510. The standard InChI is InChI=1S/C24H24N4O/c1-24(2)15-27-21-12-18(6-7-19(21)24)28-14-17-4-3-5-20(22(17)23(28)29)26-13-16-8-10-25-11-9-16/h3-12,26-27H,13-15H2,1-2H3. The van der Waals surface area contributed by atoms with Gasteiger partial charge in [-0.05, 0) is 47.0 Å². The number of nitrogens with zero attached hydrogens (tertiary/aromatic N) is 2. The van der Waals surface area contributed by atoms with Gasteiger partial charge >= 0.3 is 0 Å². The summed E-state index contributed by atoms with van der Waals surface area (Å²) in [4.78, 5) is 19.2. The van der Waals surface area contributed by atoms with E-state index < -0.39 is 0 Å². The number of rotatable bonds is 4. The summed E-state index contributed by atoms with van der Waals surface area (Å²) in [5, 5.41) is 6.91. The maximum absolute atomic E-state index is 13.3. The Kier molecular flexibility index (Phi) is 4.05. The number of hydrogen-bond acceptors (Lipinski definition) is 4. The number of aromatic nitrogens is 1. The van der Waals surface area contributed by atoms with E-state index in [0.29, 0.717) is 13.1 Å². The zero-order chi connectivity index (χ0) is 20.0. The van der Waals surface area contributed by atoms with Gasteiger partial charge in [-0.2, -0.15) is 0 Å². The fourth-order valence-corrected chi connectivity index (χ4v) is 4.26. The van der Waals surface area contributed by atoms with Crippen molar-refractivity contribution in [1.82, 2.24) is 4.98 Å². The number of carbonyl (C=O) groups excluding carboxylic acids is 1. The molecule has 0 bridgehead atoms. The van der Waals surface area contributed by atoms with Crippen LogP contribution in [-0.2, 0) is 18.5 Å². The number of anilines is 3. The Morgan fingerprint density at radius 3 is 2.79 bits per heavy atom. The van der Waals surface area contributed by atoms with Crippen LogP contribution in [0.2, 0.25) is 0 Å². The predicted octanol–water partition coefficient (Wildman–Crippen LogP) is 4.56. The second-order valence-electron chi connectivity index (χ2n) is 8.41. The molecule has 2 aliphatic rings. The van der Waals surface area contributed by atoms with Crippen LogP contribution in [0.3, 0.4) is 0 Å². The van der Waals surface area contributed by atoms with E-state index in [1.165, 1.54) is 5.56 Å². The molecule has 146 valence electrons. The largest absolute Gasteiger partial charge is 0.384 e. The van der Waals surface area contributed by atoms with Crippen molar-refractivity contribution >= 4 is 23.0 Å². The minimum Gasteiger partial charge on any atom is -0.384 e. The maximum Gasteiger partial charge on any atom is 0.261 e. The number of fused-ring (bicyclic) bond motifs is 2. The molecular weight excluding hydrogens is 360 g/mol. The van der Waals surface area contributed by atoms with Crippen molar-refractivity contribution in [3.8, 4) is 0 Å². The second-order valence-corrected chi connectivity index (χ2v) is 8.41. The highest BCUT2D eigenvalue weighted by Gasteiger charge is 2.34. The Morgan fingerprint density at radius 1 is 1.14 bits per heavy atom. The van der Waals surface area contributed by atoms with Crippen LogP contribution in [0.4, 0.5) is 17.1 Å². The molecule has 0 unspecified atom stereocenters. The Bertz CT molecular complexity index is 1090. The van der Waals surface area contributed by atoms with Gasteiger partial charge in [0, 0.05) is 48.0 Å². The molecular formula is C24H24N4O. The van der Waals surface area contributed by atoms with Crippen molar-refractivity contribution < 1.29 is 4.79 Å². The first kappa shape index (κ1) is 17.7. The van der Waals surface area contributed by atoms with Crippen molar-refractivity contribution in [3.63, 3.8) is 0 Å². The summed E-state index contributed by atoms with van der Waals surface area (Å²) in [7, 11) is 0. The maximum atomic E-state index is 13.3. The lowest BCUT2D eigenvalue weighted by atomic mass is 9.87. The summed E-state index contributed by atoms with van der Waals surface area (Å²) in [6, 6.07) is 16.3. The Balaban J connectivity index is 1.42. The van der Waals surface area contributed by atoms with Gasteiger partial charge < -0.3 is 15.5 Å². The van der Waals surface area contributed by atoms with Crippen LogP contribution in [0.5, 0.6) is 0 Å². The monoisotopic (exact) mass is 384 g/mol. The number of carbonyl (C=O) groups is 1. The molecule has 2 N–H and O–H groups in total. The van der Waals surface area contributed by atoms with E-state index in [-0.39, 0.29) is 11.3 Å². The third kappa shape index (κ3) is 3.03. The van der Waals surface area contributed by atoms with Crippen LogP contribution in [0.1, 0.15) is 40.9 Å². The van der Waals surface area contributed by atoms with E-state index in [0.717, 1.165) is 40.3 Å². The van der Waals surface area contributed by atoms with Crippen LogP contribution in [0.25, 0.3) is 0 Å². The highest BCUT2D eigenvalue weighted by atomic mass is 16.2. The molecule has 0 atom stereocenters. The first-order valence-electron chi connectivity index (χ1n) is 9.98. The summed E-state index contributed by atoms with van der Waals surface area (Å²) in [6.45, 7) is 6.65. The first-order chi connectivity index (χ1) is 14.0. The SMILES string of the molecule is CC1(C)CNc2cc(N3Cc4cccc(NCc5ccncc5)c4C3=O)ccc21. The average molecular weight is 384 g/mol. The molecule has 0 spiro atoms. The Hall–Kier alpha value is -3.34. The number of benzene rings is 2. The number of hydrogen-bond donors (Lipinski definition) is 2. The lowest BCUT2D eigenvalue weighted by Gasteiger charge is -2.20. The number of pyridine rings is 1. The zero-order valence-corrected chi connectivity index (χ0v) is 16.7. The summed E-state index contributed by atoms with van der Waals surface area (Å²) in [5.41, 5.74) is 7.35. The van der Waals surface area contributed by atoms with Crippen molar-refractivity contribution in [3.05, 3.63) is 83.2 Å². The topological polar surface area (TPSA) is 57.3 Å². The molecule has 1 amide bonds. The number of amides is 1. The second kappa shape index (κ2) is 6.62. The molecule has 5 nitrogen and oxygen atoms in total. The third-order valence-corrected chi connectivity index (χ3v) is 5.94. The van der Waals surface area contributed by atoms with E-state index in [1.54, 1.807) is 12.4 Å². The van der Waals surface area contributed by atoms with Gasteiger partial charge in [-0.25, -0.2) is 0 Å². The Morgan fingerprint density at radius 2 is 1.97 bits per heavy atom. The van der Waals surface area contributed by atoms with E-state index in [2.05, 4.69) is 47.7 Å². The van der Waals surface area contributed by atoms with Crippen molar-refractivity contribution in [2.24, 2.45) is 0 Å². The van der Waals surface area contributed by atoms with Crippen LogP contribution < -0.4 is 15.5 Å². The average Bonchev–Trinajstić information content (AvgIpc) is 3.24. The molecule has 0 aliphatic carbocycles. The van der Waals surface area contributed by atoms with E-state index in [9.17, 15) is 4.79 Å². The van der Waals surface area contributed by atoms with E-state index in [4.69, 9.17) is 0 Å². The molecule has 3 heterocycles. The fourth-order valence-electron chi connectivity index (χ4n) is 4.26. The van der Waals surface area contributed by atoms with Crippen LogP contribution >= 0.6 is 0 Å². The molecule has 5 rings (SSSR count). The zero-order valence-electron chi connectivity index (χ0n) is 16.7. The van der Waals surface area contributed by atoms with Gasteiger partial charge in [-0.15, -0.1) is 0 Å². The summed E-state index contributed by atoms with van der Waals surface area (Å²) in [6.07, 6.45) is 3.56. The molecule has 0 saturated heterocycles. The van der Waals surface area contributed by atoms with Gasteiger partial charge in [0.1, 0.15) is 0 Å². The predicted molar refractivity (Wildman–Crippen MR) is 116 cm³/mol. The molecule has 3 aromatic rings. The minimum atomic E-state index is 0.0510. The molecule has 5 heteroatoms. The van der Waals surface area contributed by atoms with Crippen LogP contribution in [0.15, 0.2) is 60.9 Å². The summed E-state index contributed by atoms with van der Waals surface area (Å²) >= 11 is 0.